The van der Waals surface area contributed by atoms with Gasteiger partial charge >= 0.3 is 0 Å². The number of anilines is 2. The average Bonchev–Trinajstić information content (AvgIpc) is 2.73. The van der Waals surface area contributed by atoms with Crippen LogP contribution in [-0.4, -0.2) is 64.8 Å². The van der Waals surface area contributed by atoms with Crippen LogP contribution in [0.3, 0.4) is 0 Å². The Morgan fingerprint density at radius 3 is 2.17 bits per heavy atom. The van der Waals surface area contributed by atoms with Crippen LogP contribution in [0.25, 0.3) is 0 Å². The van der Waals surface area contributed by atoms with E-state index in [2.05, 4.69) is 4.90 Å². The molecule has 0 aromatic heterocycles. The van der Waals surface area contributed by atoms with Gasteiger partial charge in [0.2, 0.25) is 15.9 Å². The van der Waals surface area contributed by atoms with Crippen molar-refractivity contribution >= 4 is 27.3 Å². The summed E-state index contributed by atoms with van der Waals surface area (Å²) < 4.78 is 31.4. The van der Waals surface area contributed by atoms with E-state index in [1.54, 1.807) is 43.2 Å². The molecule has 0 aliphatic carbocycles. The van der Waals surface area contributed by atoms with Crippen LogP contribution in [0.2, 0.25) is 0 Å². The van der Waals surface area contributed by atoms with Gasteiger partial charge in [0.15, 0.2) is 0 Å². The molecule has 0 N–H and O–H groups in total. The van der Waals surface area contributed by atoms with Crippen LogP contribution in [0.1, 0.15) is 6.92 Å². The van der Waals surface area contributed by atoms with Crippen molar-refractivity contribution in [3.05, 3.63) is 54.6 Å². The van der Waals surface area contributed by atoms with Crippen molar-refractivity contribution in [2.45, 2.75) is 13.0 Å². The summed E-state index contributed by atoms with van der Waals surface area (Å²) in [6, 6.07) is 15.7. The first-order valence-electron chi connectivity index (χ1n) is 9.54. The molecule has 8 heteroatoms. The zero-order valence-corrected chi connectivity index (χ0v) is 17.8. The second kappa shape index (κ2) is 8.73. The highest BCUT2D eigenvalue weighted by atomic mass is 32.2. The van der Waals surface area contributed by atoms with Gasteiger partial charge in [-0.2, -0.15) is 0 Å². The molecular weight excluding hydrogens is 390 g/mol. The van der Waals surface area contributed by atoms with Crippen LogP contribution in [0.15, 0.2) is 54.6 Å². The molecule has 1 aliphatic rings. The Morgan fingerprint density at radius 1 is 1.00 bits per heavy atom. The second-order valence-electron chi connectivity index (χ2n) is 7.05. The minimum absolute atomic E-state index is 0.195. The predicted octanol–water partition coefficient (Wildman–Crippen LogP) is 2.20. The van der Waals surface area contributed by atoms with Gasteiger partial charge in [0.25, 0.3) is 0 Å². The first kappa shape index (κ1) is 21.0. The summed E-state index contributed by atoms with van der Waals surface area (Å²) in [5, 5.41) is 0. The number of nitrogens with zero attached hydrogens (tertiary/aromatic N) is 3. The lowest BCUT2D eigenvalue weighted by Crippen LogP contribution is -2.55. The van der Waals surface area contributed by atoms with Gasteiger partial charge in [0.1, 0.15) is 11.8 Å². The van der Waals surface area contributed by atoms with Crippen molar-refractivity contribution in [3.63, 3.8) is 0 Å². The molecule has 0 spiro atoms. The van der Waals surface area contributed by atoms with E-state index in [0.29, 0.717) is 31.9 Å². The number of methoxy groups -OCH3 is 1. The molecule has 3 rings (SSSR count). The molecule has 2 aromatic carbocycles. The van der Waals surface area contributed by atoms with Gasteiger partial charge in [-0.15, -0.1) is 0 Å². The number of benzene rings is 2. The monoisotopic (exact) mass is 417 g/mol. The number of para-hydroxylation sites is 3. The summed E-state index contributed by atoms with van der Waals surface area (Å²) in [6.07, 6.45) is 1.13. The Kier molecular flexibility index (Phi) is 6.32. The maximum atomic E-state index is 13.1. The van der Waals surface area contributed by atoms with Crippen molar-refractivity contribution in [1.82, 2.24) is 4.90 Å². The fourth-order valence-electron chi connectivity index (χ4n) is 3.70. The number of sulfonamides is 1. The highest BCUT2D eigenvalue weighted by Gasteiger charge is 2.33. The maximum Gasteiger partial charge on any atom is 0.246 e. The molecule has 0 bridgehead atoms. The first-order chi connectivity index (χ1) is 13.8. The molecule has 2 aromatic rings. The van der Waals surface area contributed by atoms with Gasteiger partial charge in [-0.05, 0) is 31.2 Å². The Balaban J connectivity index is 1.72. The van der Waals surface area contributed by atoms with Gasteiger partial charge in [0, 0.05) is 26.2 Å². The molecule has 0 unspecified atom stereocenters. The van der Waals surface area contributed by atoms with E-state index in [4.69, 9.17) is 4.74 Å². The van der Waals surface area contributed by atoms with Crippen LogP contribution < -0.4 is 13.9 Å². The lowest BCUT2D eigenvalue weighted by molar-refractivity contribution is -0.132. The zero-order chi connectivity index (χ0) is 21.0. The summed E-state index contributed by atoms with van der Waals surface area (Å²) in [4.78, 5) is 17.0. The fraction of sp³-hybridized carbons (Fsp3) is 0.381. The molecule has 0 saturated carbocycles. The van der Waals surface area contributed by atoms with E-state index in [9.17, 15) is 13.2 Å². The van der Waals surface area contributed by atoms with E-state index in [-0.39, 0.29) is 5.91 Å². The minimum atomic E-state index is -3.60. The third-order valence-electron chi connectivity index (χ3n) is 5.09. The number of ether oxygens (including phenoxy) is 1. The molecule has 1 atom stereocenters. The predicted molar refractivity (Wildman–Crippen MR) is 115 cm³/mol. The fourth-order valence-corrected chi connectivity index (χ4v) is 4.87. The Bertz CT molecular complexity index is 941. The van der Waals surface area contributed by atoms with E-state index in [0.717, 1.165) is 17.7 Å². The summed E-state index contributed by atoms with van der Waals surface area (Å²) in [6.45, 7) is 4.00. The Labute approximate surface area is 172 Å². The number of piperazine rings is 1. The Morgan fingerprint density at radius 2 is 1.59 bits per heavy atom. The topological polar surface area (TPSA) is 70.2 Å². The summed E-state index contributed by atoms with van der Waals surface area (Å²) in [5.74, 6) is 0.604. The van der Waals surface area contributed by atoms with Crippen molar-refractivity contribution < 1.29 is 17.9 Å². The minimum Gasteiger partial charge on any atom is -0.495 e. The van der Waals surface area contributed by atoms with Crippen LogP contribution in [0.5, 0.6) is 5.75 Å². The lowest BCUT2D eigenvalue weighted by Gasteiger charge is -2.39. The number of hydrogen-bond acceptors (Lipinski definition) is 5. The maximum absolute atomic E-state index is 13.1. The van der Waals surface area contributed by atoms with Gasteiger partial charge in [-0.1, -0.05) is 30.3 Å². The molecule has 1 amide bonds. The zero-order valence-electron chi connectivity index (χ0n) is 17.0. The molecule has 0 radical (unpaired) electrons. The SMILES string of the molecule is COc1ccccc1N1CCN(C(=O)[C@H](C)N(c2ccccc2)S(C)(=O)=O)CC1. The number of carbonyl (C=O) groups is 1. The highest BCUT2D eigenvalue weighted by Crippen LogP contribution is 2.29. The molecule has 1 saturated heterocycles. The second-order valence-corrected chi connectivity index (χ2v) is 8.91. The average molecular weight is 418 g/mol. The molecular formula is C21H27N3O4S. The number of amides is 1. The quantitative estimate of drug-likeness (QED) is 0.721. The lowest BCUT2D eigenvalue weighted by atomic mass is 10.2. The van der Waals surface area contributed by atoms with Gasteiger partial charge < -0.3 is 14.5 Å². The molecule has 156 valence electrons. The smallest absolute Gasteiger partial charge is 0.246 e. The largest absolute Gasteiger partial charge is 0.495 e. The molecule has 29 heavy (non-hydrogen) atoms. The van der Waals surface area contributed by atoms with Crippen LogP contribution >= 0.6 is 0 Å². The van der Waals surface area contributed by atoms with Gasteiger partial charge in [0.05, 0.1) is 24.7 Å². The van der Waals surface area contributed by atoms with Crippen LogP contribution in [0.4, 0.5) is 11.4 Å². The van der Waals surface area contributed by atoms with Crippen LogP contribution in [0, 0.1) is 0 Å². The standard InChI is InChI=1S/C21H27N3O4S/c1-17(24(29(3,26)27)18-9-5-4-6-10-18)21(25)23-15-13-22(14-16-23)19-11-7-8-12-20(19)28-2/h4-12,17H,13-16H2,1-3H3/t17-/m0/s1. The Hall–Kier alpha value is -2.74. The third kappa shape index (κ3) is 4.64. The number of rotatable bonds is 6. The third-order valence-corrected chi connectivity index (χ3v) is 6.34. The molecule has 7 nitrogen and oxygen atoms in total. The number of carbonyl (C=O) groups excluding carboxylic acids is 1. The summed E-state index contributed by atoms with van der Waals surface area (Å²) in [5.41, 5.74) is 1.49. The molecule has 1 fully saturated rings. The molecule has 1 heterocycles. The normalized spacial score (nSPS) is 15.7. The van der Waals surface area contributed by atoms with Crippen molar-refractivity contribution in [3.8, 4) is 5.75 Å². The van der Waals surface area contributed by atoms with E-state index >= 15 is 0 Å². The van der Waals surface area contributed by atoms with Crippen molar-refractivity contribution in [2.75, 3.05) is 48.7 Å². The summed E-state index contributed by atoms with van der Waals surface area (Å²) >= 11 is 0. The van der Waals surface area contributed by atoms with Gasteiger partial charge in [-0.3, -0.25) is 9.10 Å². The van der Waals surface area contributed by atoms with Crippen molar-refractivity contribution in [1.29, 1.82) is 0 Å². The first-order valence-corrected chi connectivity index (χ1v) is 11.4. The van der Waals surface area contributed by atoms with Crippen LogP contribution in [-0.2, 0) is 14.8 Å². The van der Waals surface area contributed by atoms with Crippen molar-refractivity contribution in [2.24, 2.45) is 0 Å². The van der Waals surface area contributed by atoms with E-state index in [1.807, 2.05) is 30.3 Å². The highest BCUT2D eigenvalue weighted by molar-refractivity contribution is 7.92. The van der Waals surface area contributed by atoms with Gasteiger partial charge in [-0.25, -0.2) is 8.42 Å². The van der Waals surface area contributed by atoms with E-state index in [1.165, 1.54) is 4.31 Å². The molecule has 1 aliphatic heterocycles. The summed E-state index contributed by atoms with van der Waals surface area (Å²) in [7, 11) is -1.96. The van der Waals surface area contributed by atoms with E-state index < -0.39 is 16.1 Å². The number of hydrogen-bond donors (Lipinski definition) is 0.